The van der Waals surface area contributed by atoms with E-state index in [1.54, 1.807) is 6.07 Å². The SMILES string of the molecule is C=C(C(=O)O)c1ccc(Cl)nc1. The van der Waals surface area contributed by atoms with E-state index in [1.807, 2.05) is 0 Å². The van der Waals surface area contributed by atoms with Crippen LogP contribution in [-0.4, -0.2) is 16.1 Å². The molecule has 0 unspecified atom stereocenters. The fourth-order valence-corrected chi connectivity index (χ4v) is 0.790. The van der Waals surface area contributed by atoms with E-state index < -0.39 is 5.97 Å². The molecule has 0 aliphatic heterocycles. The molecule has 0 saturated carbocycles. The van der Waals surface area contributed by atoms with Gasteiger partial charge in [-0.3, -0.25) is 0 Å². The standard InChI is InChI=1S/C8H6ClNO2/c1-5(8(11)12)6-2-3-7(9)10-4-6/h2-4H,1H2,(H,11,12). The molecule has 0 radical (unpaired) electrons. The lowest BCUT2D eigenvalue weighted by molar-refractivity contribution is -0.130. The highest BCUT2D eigenvalue weighted by Gasteiger charge is 2.06. The highest BCUT2D eigenvalue weighted by molar-refractivity contribution is 6.29. The monoisotopic (exact) mass is 183 g/mol. The summed E-state index contributed by atoms with van der Waals surface area (Å²) in [6.45, 7) is 3.37. The number of carboxylic acid groups (broad SMARTS) is 1. The predicted octanol–water partition coefficient (Wildman–Crippen LogP) is 1.83. The minimum Gasteiger partial charge on any atom is -0.478 e. The second kappa shape index (κ2) is 3.36. The average Bonchev–Trinajstić information content (AvgIpc) is 2.04. The van der Waals surface area contributed by atoms with E-state index in [0.717, 1.165) is 0 Å². The Kier molecular flexibility index (Phi) is 2.45. The van der Waals surface area contributed by atoms with Gasteiger partial charge in [0.25, 0.3) is 0 Å². The summed E-state index contributed by atoms with van der Waals surface area (Å²) in [6.07, 6.45) is 1.37. The van der Waals surface area contributed by atoms with E-state index >= 15 is 0 Å². The number of rotatable bonds is 2. The average molecular weight is 184 g/mol. The van der Waals surface area contributed by atoms with Crippen LogP contribution in [0.1, 0.15) is 5.56 Å². The van der Waals surface area contributed by atoms with Gasteiger partial charge in [-0.1, -0.05) is 18.2 Å². The third-order valence-corrected chi connectivity index (χ3v) is 1.56. The van der Waals surface area contributed by atoms with Gasteiger partial charge in [0.15, 0.2) is 0 Å². The maximum Gasteiger partial charge on any atom is 0.335 e. The second-order valence-electron chi connectivity index (χ2n) is 2.15. The van der Waals surface area contributed by atoms with Gasteiger partial charge in [0, 0.05) is 11.8 Å². The Bertz CT molecular complexity index is 318. The normalized spacial score (nSPS) is 9.42. The van der Waals surface area contributed by atoms with E-state index in [0.29, 0.717) is 10.7 Å². The molecule has 4 heteroatoms. The highest BCUT2D eigenvalue weighted by atomic mass is 35.5. The lowest BCUT2D eigenvalue weighted by Crippen LogP contribution is -1.97. The lowest BCUT2D eigenvalue weighted by atomic mass is 10.1. The maximum absolute atomic E-state index is 10.4. The number of halogens is 1. The van der Waals surface area contributed by atoms with Crippen molar-refractivity contribution in [2.24, 2.45) is 0 Å². The number of carboxylic acids is 1. The third-order valence-electron chi connectivity index (χ3n) is 1.33. The summed E-state index contributed by atoms with van der Waals surface area (Å²) >= 11 is 5.51. The van der Waals surface area contributed by atoms with Crippen molar-refractivity contribution in [3.8, 4) is 0 Å². The molecule has 0 fully saturated rings. The van der Waals surface area contributed by atoms with Crippen LogP contribution in [0.4, 0.5) is 0 Å². The summed E-state index contributed by atoms with van der Waals surface area (Å²) in [7, 11) is 0. The van der Waals surface area contributed by atoms with Crippen LogP contribution < -0.4 is 0 Å². The molecule has 1 rings (SSSR count). The molecule has 0 aliphatic rings. The predicted molar refractivity (Wildman–Crippen MR) is 45.9 cm³/mol. The van der Waals surface area contributed by atoms with Crippen molar-refractivity contribution in [3.63, 3.8) is 0 Å². The second-order valence-corrected chi connectivity index (χ2v) is 2.54. The summed E-state index contributed by atoms with van der Waals surface area (Å²) in [5, 5.41) is 8.87. The molecule has 0 saturated heterocycles. The molecule has 0 aliphatic carbocycles. The smallest absolute Gasteiger partial charge is 0.335 e. The highest BCUT2D eigenvalue weighted by Crippen LogP contribution is 2.13. The van der Waals surface area contributed by atoms with Crippen molar-refractivity contribution in [1.82, 2.24) is 4.98 Å². The minimum absolute atomic E-state index is 0.0131. The van der Waals surface area contributed by atoms with Crippen molar-refractivity contribution in [3.05, 3.63) is 35.6 Å². The Morgan fingerprint density at radius 3 is 2.67 bits per heavy atom. The van der Waals surface area contributed by atoms with E-state index in [2.05, 4.69) is 11.6 Å². The molecule has 12 heavy (non-hydrogen) atoms. The maximum atomic E-state index is 10.4. The van der Waals surface area contributed by atoms with Crippen molar-refractivity contribution in [1.29, 1.82) is 0 Å². The third kappa shape index (κ3) is 1.83. The van der Waals surface area contributed by atoms with Crippen molar-refractivity contribution >= 4 is 23.1 Å². The Balaban J connectivity index is 2.98. The van der Waals surface area contributed by atoms with E-state index in [1.165, 1.54) is 12.3 Å². The number of carbonyl (C=O) groups is 1. The first kappa shape index (κ1) is 8.74. The zero-order valence-corrected chi connectivity index (χ0v) is 6.88. The first-order valence-electron chi connectivity index (χ1n) is 3.15. The minimum atomic E-state index is -1.06. The molecule has 1 aromatic heterocycles. The van der Waals surface area contributed by atoms with Crippen molar-refractivity contribution in [2.75, 3.05) is 0 Å². The Hall–Kier alpha value is -1.35. The molecule has 0 aromatic carbocycles. The van der Waals surface area contributed by atoms with Gasteiger partial charge in [-0.05, 0) is 12.1 Å². The van der Waals surface area contributed by atoms with Crippen LogP contribution in [0.15, 0.2) is 24.9 Å². The van der Waals surface area contributed by atoms with Gasteiger partial charge in [-0.25, -0.2) is 9.78 Å². The van der Waals surface area contributed by atoms with Gasteiger partial charge in [-0.15, -0.1) is 0 Å². The Morgan fingerprint density at radius 1 is 1.58 bits per heavy atom. The van der Waals surface area contributed by atoms with Crippen LogP contribution in [0.25, 0.3) is 5.57 Å². The van der Waals surface area contributed by atoms with Gasteiger partial charge in [0.1, 0.15) is 5.15 Å². The van der Waals surface area contributed by atoms with Crippen LogP contribution in [0, 0.1) is 0 Å². The number of nitrogens with zero attached hydrogens (tertiary/aromatic N) is 1. The summed E-state index contributed by atoms with van der Waals surface area (Å²) in [5.41, 5.74) is 0.478. The number of hydrogen-bond acceptors (Lipinski definition) is 2. The number of aromatic nitrogens is 1. The zero-order valence-electron chi connectivity index (χ0n) is 6.12. The van der Waals surface area contributed by atoms with Crippen LogP contribution in [0.3, 0.4) is 0 Å². The van der Waals surface area contributed by atoms with Crippen LogP contribution in [0.5, 0.6) is 0 Å². The molecule has 1 heterocycles. The molecular weight excluding hydrogens is 178 g/mol. The Labute approximate surface area is 74.3 Å². The molecule has 3 nitrogen and oxygen atoms in total. The largest absolute Gasteiger partial charge is 0.478 e. The lowest BCUT2D eigenvalue weighted by Gasteiger charge is -1.98. The van der Waals surface area contributed by atoms with Gasteiger partial charge < -0.3 is 5.11 Å². The Morgan fingerprint density at radius 2 is 2.25 bits per heavy atom. The fraction of sp³-hybridized carbons (Fsp3) is 0. The van der Waals surface area contributed by atoms with E-state index in [4.69, 9.17) is 16.7 Å². The fourth-order valence-electron chi connectivity index (χ4n) is 0.678. The van der Waals surface area contributed by atoms with Crippen LogP contribution in [-0.2, 0) is 4.79 Å². The van der Waals surface area contributed by atoms with Crippen LogP contribution in [0.2, 0.25) is 5.15 Å². The van der Waals surface area contributed by atoms with Crippen LogP contribution >= 0.6 is 11.6 Å². The first-order valence-corrected chi connectivity index (χ1v) is 3.53. The molecule has 62 valence electrons. The molecule has 0 atom stereocenters. The summed E-state index contributed by atoms with van der Waals surface area (Å²) in [6, 6.07) is 3.08. The topological polar surface area (TPSA) is 50.2 Å². The quantitative estimate of drug-likeness (QED) is 0.562. The van der Waals surface area contributed by atoms with Gasteiger partial charge >= 0.3 is 5.97 Å². The molecule has 1 N–H and O–H groups in total. The number of aliphatic carboxylic acids is 1. The first-order chi connectivity index (χ1) is 5.61. The van der Waals surface area contributed by atoms with E-state index in [-0.39, 0.29) is 5.57 Å². The molecule has 1 aromatic rings. The van der Waals surface area contributed by atoms with E-state index in [9.17, 15) is 4.79 Å². The molecular formula is C8H6ClNO2. The van der Waals surface area contributed by atoms with Gasteiger partial charge in [0.05, 0.1) is 5.57 Å². The number of hydrogen-bond donors (Lipinski definition) is 1. The molecule has 0 spiro atoms. The van der Waals surface area contributed by atoms with Gasteiger partial charge in [-0.2, -0.15) is 0 Å². The van der Waals surface area contributed by atoms with Crippen molar-refractivity contribution < 1.29 is 9.90 Å². The zero-order chi connectivity index (χ0) is 9.14. The summed E-state index contributed by atoms with van der Waals surface area (Å²) in [5.74, 6) is -1.06. The molecule has 0 amide bonds. The van der Waals surface area contributed by atoms with Gasteiger partial charge in [0.2, 0.25) is 0 Å². The summed E-state index contributed by atoms with van der Waals surface area (Å²) in [4.78, 5) is 14.1. The number of pyridine rings is 1. The van der Waals surface area contributed by atoms with Crippen molar-refractivity contribution in [2.45, 2.75) is 0 Å². The molecule has 0 bridgehead atoms. The summed E-state index contributed by atoms with van der Waals surface area (Å²) < 4.78 is 0.